The Morgan fingerprint density at radius 2 is 2.24 bits per heavy atom. The van der Waals surface area contributed by atoms with Gasteiger partial charge in [0.2, 0.25) is 5.91 Å². The molecule has 2 aromatic rings. The van der Waals surface area contributed by atoms with Crippen LogP contribution in [0.5, 0.6) is 0 Å². The van der Waals surface area contributed by atoms with E-state index in [0.29, 0.717) is 36.3 Å². The maximum Gasteiger partial charge on any atom is 0.234 e. The molecular weight excluding hydrogens is 292 g/mol. The minimum absolute atomic E-state index is 0.00735. The molecule has 21 heavy (non-hydrogen) atoms. The first-order valence-electron chi connectivity index (χ1n) is 6.80. The maximum absolute atomic E-state index is 11.7. The van der Waals surface area contributed by atoms with Gasteiger partial charge in [0.25, 0.3) is 0 Å². The fourth-order valence-corrected chi connectivity index (χ4v) is 2.19. The molecule has 1 N–H and O–H groups in total. The quantitative estimate of drug-likeness (QED) is 0.805. The molecule has 0 atom stereocenters. The Kier molecular flexibility index (Phi) is 5.08. The van der Waals surface area contributed by atoms with Crippen molar-refractivity contribution in [1.82, 2.24) is 30.0 Å². The third-order valence-corrected chi connectivity index (χ3v) is 3.28. The van der Waals surface area contributed by atoms with Crippen LogP contribution in [0.25, 0.3) is 11.0 Å². The van der Waals surface area contributed by atoms with E-state index < -0.39 is 0 Å². The lowest BCUT2D eigenvalue weighted by molar-refractivity contribution is -0.122. The summed E-state index contributed by atoms with van der Waals surface area (Å²) < 4.78 is 1.65. The number of likely N-dealkylation sites (N-methyl/N-ethyl adjacent to an activating group) is 1. The van der Waals surface area contributed by atoms with Crippen LogP contribution in [0.3, 0.4) is 0 Å². The van der Waals surface area contributed by atoms with Crippen molar-refractivity contribution in [1.29, 1.82) is 0 Å². The zero-order valence-electron chi connectivity index (χ0n) is 12.4. The van der Waals surface area contributed by atoms with Crippen molar-refractivity contribution in [2.75, 3.05) is 20.1 Å². The van der Waals surface area contributed by atoms with Gasteiger partial charge in [-0.25, -0.2) is 9.97 Å². The van der Waals surface area contributed by atoms with E-state index in [4.69, 9.17) is 11.6 Å². The highest BCUT2D eigenvalue weighted by atomic mass is 35.5. The Bertz CT molecular complexity index is 641. The van der Waals surface area contributed by atoms with Gasteiger partial charge in [-0.1, -0.05) is 18.5 Å². The molecule has 0 bridgehead atoms. The van der Waals surface area contributed by atoms with Gasteiger partial charge in [-0.3, -0.25) is 14.4 Å². The number of hydrogen-bond donors (Lipinski definition) is 1. The van der Waals surface area contributed by atoms with Crippen LogP contribution in [0, 0.1) is 0 Å². The molecule has 0 aliphatic carbocycles. The van der Waals surface area contributed by atoms with Crippen molar-refractivity contribution < 1.29 is 4.79 Å². The molecule has 0 saturated heterocycles. The number of rotatable bonds is 6. The van der Waals surface area contributed by atoms with Crippen LogP contribution in [-0.4, -0.2) is 50.7 Å². The first kappa shape index (κ1) is 15.7. The summed E-state index contributed by atoms with van der Waals surface area (Å²) >= 11 is 6.13. The molecule has 0 saturated carbocycles. The second kappa shape index (κ2) is 6.82. The largest absolute Gasteiger partial charge is 0.355 e. The molecule has 114 valence electrons. The molecule has 0 aromatic carbocycles. The molecule has 2 aromatic heterocycles. The third-order valence-electron chi connectivity index (χ3n) is 2.99. The summed E-state index contributed by atoms with van der Waals surface area (Å²) in [6.07, 6.45) is 2.56. The lowest BCUT2D eigenvalue weighted by Gasteiger charge is -2.15. The van der Waals surface area contributed by atoms with Crippen LogP contribution >= 0.6 is 11.6 Å². The predicted octanol–water partition coefficient (Wildman–Crippen LogP) is 0.975. The van der Waals surface area contributed by atoms with Gasteiger partial charge in [-0.2, -0.15) is 5.10 Å². The highest BCUT2D eigenvalue weighted by molar-refractivity contribution is 6.33. The van der Waals surface area contributed by atoms with Crippen molar-refractivity contribution in [3.63, 3.8) is 0 Å². The fraction of sp³-hybridized carbons (Fsp3) is 0.538. The summed E-state index contributed by atoms with van der Waals surface area (Å²) in [5.41, 5.74) is 0.689. The van der Waals surface area contributed by atoms with Gasteiger partial charge >= 0.3 is 0 Å². The minimum atomic E-state index is -0.00735. The number of amides is 1. The Hall–Kier alpha value is -1.73. The normalized spacial score (nSPS) is 11.3. The average molecular weight is 311 g/mol. The minimum Gasteiger partial charge on any atom is -0.355 e. The Labute approximate surface area is 128 Å². The second-order valence-corrected chi connectivity index (χ2v) is 5.32. The topological polar surface area (TPSA) is 75.9 Å². The highest BCUT2D eigenvalue weighted by Gasteiger charge is 2.12. The van der Waals surface area contributed by atoms with Crippen molar-refractivity contribution in [3.8, 4) is 0 Å². The zero-order valence-corrected chi connectivity index (χ0v) is 13.2. The first-order valence-corrected chi connectivity index (χ1v) is 7.18. The van der Waals surface area contributed by atoms with Gasteiger partial charge in [-0.15, -0.1) is 0 Å². The lowest BCUT2D eigenvalue weighted by atomic mass is 10.4. The predicted molar refractivity (Wildman–Crippen MR) is 80.9 cm³/mol. The molecule has 8 heteroatoms. The number of fused-ring (bicyclic) bond motifs is 1. The molecule has 2 heterocycles. The van der Waals surface area contributed by atoms with E-state index >= 15 is 0 Å². The highest BCUT2D eigenvalue weighted by Crippen LogP contribution is 2.19. The van der Waals surface area contributed by atoms with Gasteiger partial charge < -0.3 is 5.32 Å². The number of hydrogen-bond acceptors (Lipinski definition) is 5. The van der Waals surface area contributed by atoms with E-state index in [1.54, 1.807) is 17.9 Å². The van der Waals surface area contributed by atoms with E-state index in [1.807, 2.05) is 18.9 Å². The number of aromatic nitrogens is 4. The van der Waals surface area contributed by atoms with Gasteiger partial charge in [0.15, 0.2) is 5.65 Å². The number of nitrogens with zero attached hydrogens (tertiary/aromatic N) is 5. The molecule has 0 aliphatic rings. The lowest BCUT2D eigenvalue weighted by Crippen LogP contribution is -2.35. The van der Waals surface area contributed by atoms with Gasteiger partial charge in [0.05, 0.1) is 24.7 Å². The van der Waals surface area contributed by atoms with Crippen LogP contribution in [0.1, 0.15) is 19.2 Å². The van der Waals surface area contributed by atoms with Crippen LogP contribution in [0.2, 0.25) is 5.15 Å². The molecular formula is C13H19ClN6O. The first-order chi connectivity index (χ1) is 10.0. The van der Waals surface area contributed by atoms with E-state index in [1.165, 1.54) is 0 Å². The summed E-state index contributed by atoms with van der Waals surface area (Å²) in [4.78, 5) is 22.2. The van der Waals surface area contributed by atoms with Crippen LogP contribution in [0.15, 0.2) is 6.20 Å². The van der Waals surface area contributed by atoms with Crippen LogP contribution < -0.4 is 5.32 Å². The summed E-state index contributed by atoms with van der Waals surface area (Å²) in [5.74, 6) is 0.564. The second-order valence-electron chi connectivity index (χ2n) is 4.96. The van der Waals surface area contributed by atoms with Gasteiger partial charge in [-0.05, 0) is 13.5 Å². The SMILES string of the molecule is CCCNC(=O)CN(C)Cc1nc(Cl)c2cnn(C)c2n1. The molecule has 0 spiro atoms. The summed E-state index contributed by atoms with van der Waals surface area (Å²) in [6.45, 7) is 3.45. The van der Waals surface area contributed by atoms with E-state index in [9.17, 15) is 4.79 Å². The number of carbonyl (C=O) groups is 1. The van der Waals surface area contributed by atoms with E-state index in [-0.39, 0.29) is 5.91 Å². The van der Waals surface area contributed by atoms with Crippen LogP contribution in [0.4, 0.5) is 0 Å². The van der Waals surface area contributed by atoms with E-state index in [2.05, 4.69) is 20.4 Å². The smallest absolute Gasteiger partial charge is 0.234 e. The summed E-state index contributed by atoms with van der Waals surface area (Å²) in [5, 5.41) is 8.05. The van der Waals surface area contributed by atoms with Crippen LogP contribution in [-0.2, 0) is 18.4 Å². The van der Waals surface area contributed by atoms with Gasteiger partial charge in [0, 0.05) is 13.6 Å². The summed E-state index contributed by atoms with van der Waals surface area (Å²) in [7, 11) is 3.65. The maximum atomic E-state index is 11.7. The van der Waals surface area contributed by atoms with Crippen molar-refractivity contribution in [2.45, 2.75) is 19.9 Å². The summed E-state index contributed by atoms with van der Waals surface area (Å²) in [6, 6.07) is 0. The Morgan fingerprint density at radius 3 is 2.95 bits per heavy atom. The number of aryl methyl sites for hydroxylation is 1. The van der Waals surface area contributed by atoms with Crippen molar-refractivity contribution in [2.24, 2.45) is 7.05 Å². The standard InChI is InChI=1S/C13H19ClN6O/c1-4-5-15-11(21)8-19(2)7-10-17-12(14)9-6-16-20(3)13(9)18-10/h6H,4-5,7-8H2,1-3H3,(H,15,21). The number of halogens is 1. The average Bonchev–Trinajstić information content (AvgIpc) is 2.78. The van der Waals surface area contributed by atoms with Crippen molar-refractivity contribution >= 4 is 28.5 Å². The number of nitrogens with one attached hydrogen (secondary N) is 1. The third kappa shape index (κ3) is 3.89. The van der Waals surface area contributed by atoms with E-state index in [0.717, 1.165) is 11.8 Å². The molecule has 2 rings (SSSR count). The fourth-order valence-electron chi connectivity index (χ4n) is 1.96. The molecule has 0 radical (unpaired) electrons. The molecule has 7 nitrogen and oxygen atoms in total. The Balaban J connectivity index is 2.05. The van der Waals surface area contributed by atoms with Crippen molar-refractivity contribution in [3.05, 3.63) is 17.2 Å². The molecule has 0 fully saturated rings. The molecule has 0 unspecified atom stereocenters. The number of carbonyl (C=O) groups excluding carboxylic acids is 1. The zero-order chi connectivity index (χ0) is 15.4. The van der Waals surface area contributed by atoms with Gasteiger partial charge in [0.1, 0.15) is 11.0 Å². The monoisotopic (exact) mass is 310 g/mol. The molecule has 0 aliphatic heterocycles. The molecule has 1 amide bonds. The Morgan fingerprint density at radius 1 is 1.48 bits per heavy atom.